The van der Waals surface area contributed by atoms with E-state index in [0.29, 0.717) is 0 Å². The summed E-state index contributed by atoms with van der Waals surface area (Å²) in [6, 6.07) is 0. The molecule has 1 atom stereocenters. The molecule has 0 unspecified atom stereocenters. The van der Waals surface area contributed by atoms with Crippen LogP contribution >= 0.6 is 0 Å². The van der Waals surface area contributed by atoms with Gasteiger partial charge in [-0.2, -0.15) is 0 Å². The molecule has 1 rings (SSSR count). The normalized spacial score (nSPS) is 25.7. The average Bonchev–Trinajstić information content (AvgIpc) is 2.10. The van der Waals surface area contributed by atoms with E-state index < -0.39 is 23.8 Å². The van der Waals surface area contributed by atoms with Gasteiger partial charge in [-0.05, 0) is 6.92 Å². The van der Waals surface area contributed by atoms with Gasteiger partial charge in [-0.3, -0.25) is 19.7 Å². The number of carbonyl (C=O) groups excluding carboxylic acids is 3. The highest BCUT2D eigenvalue weighted by Crippen LogP contribution is 2.25. The van der Waals surface area contributed by atoms with E-state index in [4.69, 9.17) is 4.74 Å². The summed E-state index contributed by atoms with van der Waals surface area (Å²) < 4.78 is 4.73. The number of ketones is 1. The molecule has 0 aliphatic carbocycles. The number of rotatable bonds is 3. The molecule has 0 radical (unpaired) electrons. The summed E-state index contributed by atoms with van der Waals surface area (Å²) in [5.74, 6) is -2.22. The van der Waals surface area contributed by atoms with Gasteiger partial charge in [0.15, 0.2) is 0 Å². The largest absolute Gasteiger partial charge is 0.497 e. The highest BCUT2D eigenvalue weighted by Gasteiger charge is 2.46. The molecule has 0 saturated carbocycles. The number of hydrogen-bond acceptors (Lipinski definition) is 5. The fourth-order valence-electron chi connectivity index (χ4n) is 1.36. The maximum atomic E-state index is 11.4. The van der Waals surface area contributed by atoms with Crippen molar-refractivity contribution >= 4 is 17.6 Å². The minimum absolute atomic E-state index is 0.216. The number of carbonyl (C=O) groups is 3. The number of Topliss-reactive ketones (excluding diaryl/α,β-unsaturated/α-hetero) is 1. The lowest BCUT2D eigenvalue weighted by molar-refractivity contribution is -0.148. The number of hydrogen-bond donors (Lipinski definition) is 2. The van der Waals surface area contributed by atoms with E-state index in [0.717, 1.165) is 6.08 Å². The Kier molecular flexibility index (Phi) is 2.90. The molecule has 0 bridgehead atoms. The molecule has 0 aromatic carbocycles. The molecule has 0 aromatic heterocycles. The Morgan fingerprint density at radius 2 is 2.20 bits per heavy atom. The molecular weight excluding hydrogens is 202 g/mol. The summed E-state index contributed by atoms with van der Waals surface area (Å²) in [4.78, 5) is 33.2. The van der Waals surface area contributed by atoms with Gasteiger partial charge in [0.05, 0.1) is 13.5 Å². The van der Waals surface area contributed by atoms with Crippen LogP contribution in [0.3, 0.4) is 0 Å². The predicted octanol–water partition coefficient (Wildman–Crippen LogP) is -1.12. The molecule has 6 nitrogen and oxygen atoms in total. The predicted molar refractivity (Wildman–Crippen MR) is 48.5 cm³/mol. The summed E-state index contributed by atoms with van der Waals surface area (Å²) in [6.07, 6.45) is 0.524. The van der Waals surface area contributed by atoms with E-state index >= 15 is 0 Å². The monoisotopic (exact) mass is 213 g/mol. The molecule has 0 spiro atoms. The van der Waals surface area contributed by atoms with E-state index in [1.807, 2.05) is 5.32 Å². The first-order valence-electron chi connectivity index (χ1n) is 4.23. The van der Waals surface area contributed by atoms with Crippen LogP contribution in [0.4, 0.5) is 0 Å². The van der Waals surface area contributed by atoms with E-state index in [2.05, 4.69) is 0 Å². The van der Waals surface area contributed by atoms with Crippen molar-refractivity contribution in [2.45, 2.75) is 18.9 Å². The first kappa shape index (κ1) is 11.4. The summed E-state index contributed by atoms with van der Waals surface area (Å²) in [6.45, 7) is 1.23. The summed E-state index contributed by atoms with van der Waals surface area (Å²) in [7, 11) is 1.21. The number of aliphatic hydroxyl groups is 1. The van der Waals surface area contributed by atoms with Crippen molar-refractivity contribution in [3.8, 4) is 0 Å². The lowest BCUT2D eigenvalue weighted by Gasteiger charge is -2.29. The molecule has 6 heteroatoms. The van der Waals surface area contributed by atoms with Crippen molar-refractivity contribution in [1.29, 1.82) is 0 Å². The van der Waals surface area contributed by atoms with Crippen molar-refractivity contribution in [1.82, 2.24) is 5.32 Å². The van der Waals surface area contributed by atoms with Crippen LogP contribution < -0.4 is 5.32 Å². The average molecular weight is 213 g/mol. The highest BCUT2D eigenvalue weighted by atomic mass is 16.5. The Morgan fingerprint density at radius 3 is 2.67 bits per heavy atom. The first-order valence-corrected chi connectivity index (χ1v) is 4.23. The van der Waals surface area contributed by atoms with Crippen LogP contribution in [0.2, 0.25) is 0 Å². The van der Waals surface area contributed by atoms with Crippen LogP contribution in [0.15, 0.2) is 11.8 Å². The van der Waals surface area contributed by atoms with Gasteiger partial charge >= 0.3 is 0 Å². The molecule has 0 fully saturated rings. The zero-order chi connectivity index (χ0) is 11.6. The second kappa shape index (κ2) is 3.82. The van der Waals surface area contributed by atoms with E-state index in [-0.39, 0.29) is 11.5 Å². The van der Waals surface area contributed by atoms with Gasteiger partial charge in [0.1, 0.15) is 11.5 Å². The molecule has 1 heterocycles. The number of imide groups is 1. The van der Waals surface area contributed by atoms with Gasteiger partial charge in [-0.25, -0.2) is 0 Å². The fraction of sp³-hybridized carbons (Fsp3) is 0.444. The number of amides is 2. The third-order valence-corrected chi connectivity index (χ3v) is 2.01. The van der Waals surface area contributed by atoms with Gasteiger partial charge in [0.2, 0.25) is 5.60 Å². The third kappa shape index (κ3) is 2.04. The van der Waals surface area contributed by atoms with E-state index in [1.165, 1.54) is 14.0 Å². The first-order chi connectivity index (χ1) is 6.90. The second-order valence-corrected chi connectivity index (χ2v) is 3.27. The zero-order valence-corrected chi connectivity index (χ0v) is 8.36. The van der Waals surface area contributed by atoms with Crippen molar-refractivity contribution < 1.29 is 24.2 Å². The van der Waals surface area contributed by atoms with Crippen molar-refractivity contribution in [3.63, 3.8) is 0 Å². The van der Waals surface area contributed by atoms with Gasteiger partial charge in [0.25, 0.3) is 11.8 Å². The summed E-state index contributed by atoms with van der Waals surface area (Å²) >= 11 is 0. The standard InChI is InChI=1S/C9H11NO5/c1-5(11)4-9(14)6(15-2)3-7(12)10-8(9)13/h3,14H,4H2,1-2H3,(H,10,12,13)/t9-/m1/s1. The molecule has 1 aliphatic heterocycles. The molecule has 82 valence electrons. The lowest BCUT2D eigenvalue weighted by atomic mass is 9.91. The molecule has 1 aliphatic rings. The quantitative estimate of drug-likeness (QED) is 0.579. The van der Waals surface area contributed by atoms with Crippen LogP contribution in [0.25, 0.3) is 0 Å². The van der Waals surface area contributed by atoms with Crippen LogP contribution in [-0.4, -0.2) is 35.4 Å². The third-order valence-electron chi connectivity index (χ3n) is 2.01. The summed E-state index contributed by atoms with van der Waals surface area (Å²) in [5, 5.41) is 11.8. The summed E-state index contributed by atoms with van der Waals surface area (Å²) in [5.41, 5.74) is -2.07. The fourth-order valence-corrected chi connectivity index (χ4v) is 1.36. The number of methoxy groups -OCH3 is 1. The maximum absolute atomic E-state index is 11.4. The van der Waals surface area contributed by atoms with Crippen molar-refractivity contribution in [2.75, 3.05) is 7.11 Å². The molecule has 0 saturated heterocycles. The highest BCUT2D eigenvalue weighted by molar-refractivity contribution is 6.10. The number of nitrogens with one attached hydrogen (secondary N) is 1. The number of ether oxygens (including phenoxy) is 1. The van der Waals surface area contributed by atoms with Gasteiger partial charge in [0, 0.05) is 6.08 Å². The second-order valence-electron chi connectivity index (χ2n) is 3.27. The van der Waals surface area contributed by atoms with E-state index in [9.17, 15) is 19.5 Å². The molecule has 15 heavy (non-hydrogen) atoms. The Labute approximate surface area is 85.9 Å². The van der Waals surface area contributed by atoms with Crippen LogP contribution in [0, 0.1) is 0 Å². The molecule has 2 N–H and O–H groups in total. The van der Waals surface area contributed by atoms with E-state index in [1.54, 1.807) is 0 Å². The van der Waals surface area contributed by atoms with Gasteiger partial charge in [-0.1, -0.05) is 0 Å². The van der Waals surface area contributed by atoms with Crippen LogP contribution in [0.5, 0.6) is 0 Å². The Balaban J connectivity index is 3.12. The minimum Gasteiger partial charge on any atom is -0.497 e. The maximum Gasteiger partial charge on any atom is 0.267 e. The Bertz CT molecular complexity index is 360. The molecule has 2 amide bonds. The smallest absolute Gasteiger partial charge is 0.267 e. The molecular formula is C9H11NO5. The van der Waals surface area contributed by atoms with Gasteiger partial charge in [-0.15, -0.1) is 0 Å². The SMILES string of the molecule is COC1=CC(=O)NC(=O)[C@@]1(O)CC(C)=O. The van der Waals surface area contributed by atoms with Crippen molar-refractivity contribution in [3.05, 3.63) is 11.8 Å². The topological polar surface area (TPSA) is 92.7 Å². The Morgan fingerprint density at radius 1 is 1.60 bits per heavy atom. The van der Waals surface area contributed by atoms with Gasteiger partial charge < -0.3 is 9.84 Å². The van der Waals surface area contributed by atoms with Crippen molar-refractivity contribution in [2.24, 2.45) is 0 Å². The van der Waals surface area contributed by atoms with Crippen LogP contribution in [0.1, 0.15) is 13.3 Å². The lowest BCUT2D eigenvalue weighted by Crippen LogP contribution is -2.54. The van der Waals surface area contributed by atoms with Crippen LogP contribution in [-0.2, 0) is 19.1 Å². The minimum atomic E-state index is -2.07. The molecule has 0 aromatic rings. The zero-order valence-electron chi connectivity index (χ0n) is 8.36. The Hall–Kier alpha value is -1.69.